The first kappa shape index (κ1) is 26.8. The van der Waals surface area contributed by atoms with Crippen molar-refractivity contribution in [3.8, 4) is 0 Å². The molecule has 0 radical (unpaired) electrons. The molecule has 0 bridgehead atoms. The third-order valence-electron chi connectivity index (χ3n) is 6.20. The van der Waals surface area contributed by atoms with Crippen LogP contribution in [0.3, 0.4) is 0 Å². The lowest BCUT2D eigenvalue weighted by Crippen LogP contribution is -2.43. The van der Waals surface area contributed by atoms with Crippen LogP contribution >= 0.6 is 11.8 Å². The molecule has 190 valence electrons. The molecule has 3 rings (SSSR count). The molecule has 1 heterocycles. The van der Waals surface area contributed by atoms with Crippen LogP contribution in [-0.4, -0.2) is 42.9 Å². The van der Waals surface area contributed by atoms with Crippen molar-refractivity contribution < 1.29 is 37.0 Å². The number of alkyl halides is 3. The molecule has 0 fully saturated rings. The van der Waals surface area contributed by atoms with Crippen molar-refractivity contribution in [3.63, 3.8) is 0 Å². The summed E-state index contributed by atoms with van der Waals surface area (Å²) in [5.41, 5.74) is 0.798. The van der Waals surface area contributed by atoms with E-state index in [2.05, 4.69) is 5.32 Å². The van der Waals surface area contributed by atoms with Gasteiger partial charge in [-0.3, -0.25) is 9.59 Å². The molecule has 2 aliphatic rings. The molecule has 1 N–H and O–H groups in total. The fourth-order valence-electron chi connectivity index (χ4n) is 4.56. The van der Waals surface area contributed by atoms with Crippen molar-refractivity contribution >= 4 is 29.5 Å². The summed E-state index contributed by atoms with van der Waals surface area (Å²) in [6.07, 6.45) is -4.20. The number of thioether (sulfide) groups is 1. The Balaban J connectivity index is 2.09. The van der Waals surface area contributed by atoms with Gasteiger partial charge in [0.2, 0.25) is 0 Å². The van der Waals surface area contributed by atoms with E-state index in [0.717, 1.165) is 17.9 Å². The predicted octanol–water partition coefficient (Wildman–Crippen LogP) is 4.61. The summed E-state index contributed by atoms with van der Waals surface area (Å²) in [7, 11) is 1.19. The summed E-state index contributed by atoms with van der Waals surface area (Å²) < 4.78 is 49.8. The maximum absolute atomic E-state index is 13.6. The molecule has 10 heteroatoms. The second-order valence-electron chi connectivity index (χ2n) is 8.49. The molecule has 0 aromatic heterocycles. The van der Waals surface area contributed by atoms with Gasteiger partial charge in [-0.15, -0.1) is 0 Å². The van der Waals surface area contributed by atoms with Crippen molar-refractivity contribution in [3.05, 3.63) is 57.9 Å². The van der Waals surface area contributed by atoms with Gasteiger partial charge in [-0.25, -0.2) is 4.79 Å². The molecule has 6 nitrogen and oxygen atoms in total. The molecule has 35 heavy (non-hydrogen) atoms. The predicted molar refractivity (Wildman–Crippen MR) is 125 cm³/mol. The number of ether oxygens (including phenoxy) is 2. The number of rotatable bonds is 7. The van der Waals surface area contributed by atoms with Crippen molar-refractivity contribution in [2.75, 3.05) is 25.2 Å². The summed E-state index contributed by atoms with van der Waals surface area (Å²) >= 11 is 1.59. The van der Waals surface area contributed by atoms with Gasteiger partial charge in [0.05, 0.1) is 18.2 Å². The van der Waals surface area contributed by atoms with Crippen LogP contribution in [0.1, 0.15) is 44.2 Å². The third-order valence-corrected chi connectivity index (χ3v) is 7.06. The van der Waals surface area contributed by atoms with Gasteiger partial charge in [0.1, 0.15) is 12.5 Å². The Bertz CT molecular complexity index is 1060. The number of esters is 2. The number of dihydropyridines is 1. The van der Waals surface area contributed by atoms with Crippen LogP contribution in [0.5, 0.6) is 0 Å². The number of methoxy groups -OCH3 is 1. The maximum atomic E-state index is 13.6. The Morgan fingerprint density at radius 2 is 1.86 bits per heavy atom. The van der Waals surface area contributed by atoms with E-state index in [9.17, 15) is 27.6 Å². The molecule has 1 aromatic rings. The second kappa shape index (κ2) is 10.9. The van der Waals surface area contributed by atoms with E-state index in [1.807, 2.05) is 6.92 Å². The zero-order valence-corrected chi connectivity index (χ0v) is 20.8. The molecule has 0 amide bonds. The average molecular weight is 512 g/mol. The topological polar surface area (TPSA) is 81.7 Å². The van der Waals surface area contributed by atoms with E-state index in [4.69, 9.17) is 9.47 Å². The van der Waals surface area contributed by atoms with E-state index in [1.165, 1.54) is 19.2 Å². The SMILES string of the molecule is CCSCCOC(=O)C1=C(C)NC2=C(C(=O)[C@@H](C(=O)OC)[C@H](C)C2)[C@@H]1c1ccc(C(F)(F)F)cc1. The zero-order valence-electron chi connectivity index (χ0n) is 20.0. The molecule has 1 aliphatic heterocycles. The quantitative estimate of drug-likeness (QED) is 0.325. The van der Waals surface area contributed by atoms with E-state index in [0.29, 0.717) is 29.1 Å². The molecule has 1 aromatic carbocycles. The van der Waals surface area contributed by atoms with Crippen LogP contribution in [-0.2, 0) is 30.0 Å². The summed E-state index contributed by atoms with van der Waals surface area (Å²) in [4.78, 5) is 39.2. The summed E-state index contributed by atoms with van der Waals surface area (Å²) in [5.74, 6) is -2.84. The molecular formula is C25H28F3NO5S. The largest absolute Gasteiger partial charge is 0.468 e. The summed E-state index contributed by atoms with van der Waals surface area (Å²) in [5, 5.41) is 3.12. The van der Waals surface area contributed by atoms with E-state index < -0.39 is 41.3 Å². The fourth-order valence-corrected chi connectivity index (χ4v) is 5.05. The Morgan fingerprint density at radius 1 is 1.20 bits per heavy atom. The van der Waals surface area contributed by atoms with Crippen molar-refractivity contribution in [2.45, 2.75) is 39.3 Å². The van der Waals surface area contributed by atoms with Gasteiger partial charge < -0.3 is 14.8 Å². The number of carbonyl (C=O) groups excluding carboxylic acids is 3. The van der Waals surface area contributed by atoms with E-state index in [1.54, 1.807) is 25.6 Å². The lowest BCUT2D eigenvalue weighted by atomic mass is 9.69. The minimum Gasteiger partial charge on any atom is -0.468 e. The number of nitrogens with one attached hydrogen (secondary N) is 1. The van der Waals surface area contributed by atoms with Gasteiger partial charge in [-0.1, -0.05) is 26.0 Å². The van der Waals surface area contributed by atoms with Gasteiger partial charge in [-0.2, -0.15) is 24.9 Å². The van der Waals surface area contributed by atoms with Crippen LogP contribution in [0, 0.1) is 11.8 Å². The van der Waals surface area contributed by atoms with Crippen LogP contribution in [0.25, 0.3) is 0 Å². The Kier molecular flexibility index (Phi) is 8.35. The average Bonchev–Trinajstić information content (AvgIpc) is 2.80. The van der Waals surface area contributed by atoms with Gasteiger partial charge in [0, 0.05) is 28.6 Å². The lowest BCUT2D eigenvalue weighted by molar-refractivity contribution is -0.151. The smallest absolute Gasteiger partial charge is 0.416 e. The Morgan fingerprint density at radius 3 is 2.43 bits per heavy atom. The first-order valence-electron chi connectivity index (χ1n) is 11.3. The molecule has 0 saturated carbocycles. The molecule has 1 aliphatic carbocycles. The number of carbonyl (C=O) groups is 3. The monoisotopic (exact) mass is 511 g/mol. The standard InChI is InChI=1S/C25H28F3NO5S/c1-5-35-11-10-34-24(32)19-14(3)29-17-12-13(2)18(23(31)33-4)22(30)21(17)20(19)15-6-8-16(9-7-15)25(26,27)28/h6-9,13,18,20,29H,5,10-12H2,1-4H3/t13-,18+,20-/m1/s1. The highest BCUT2D eigenvalue weighted by atomic mass is 32.2. The number of hydrogen-bond acceptors (Lipinski definition) is 7. The van der Waals surface area contributed by atoms with Crippen molar-refractivity contribution in [2.24, 2.45) is 11.8 Å². The molecule has 0 spiro atoms. The number of hydrogen-bond donors (Lipinski definition) is 1. The second-order valence-corrected chi connectivity index (χ2v) is 9.88. The molecule has 3 atom stereocenters. The number of Topliss-reactive ketones (excluding diaryl/α,β-unsaturated/α-hetero) is 1. The molecular weight excluding hydrogens is 483 g/mol. The maximum Gasteiger partial charge on any atom is 0.416 e. The van der Waals surface area contributed by atoms with Gasteiger partial charge >= 0.3 is 18.1 Å². The van der Waals surface area contributed by atoms with Gasteiger partial charge in [0.25, 0.3) is 0 Å². The van der Waals surface area contributed by atoms with Crippen LogP contribution < -0.4 is 5.32 Å². The highest BCUT2D eigenvalue weighted by Crippen LogP contribution is 2.46. The van der Waals surface area contributed by atoms with Crippen LogP contribution in [0.15, 0.2) is 46.8 Å². The highest BCUT2D eigenvalue weighted by molar-refractivity contribution is 7.99. The molecule has 0 unspecified atom stereocenters. The Hall–Kier alpha value is -2.75. The minimum atomic E-state index is -4.53. The molecule has 0 saturated heterocycles. The normalized spacial score (nSPS) is 22.5. The van der Waals surface area contributed by atoms with Crippen molar-refractivity contribution in [1.82, 2.24) is 5.32 Å². The van der Waals surface area contributed by atoms with E-state index in [-0.39, 0.29) is 23.7 Å². The van der Waals surface area contributed by atoms with Gasteiger partial charge in [-0.05, 0) is 42.7 Å². The van der Waals surface area contributed by atoms with Crippen LogP contribution in [0.2, 0.25) is 0 Å². The third kappa shape index (κ3) is 5.58. The number of ketones is 1. The van der Waals surface area contributed by atoms with E-state index >= 15 is 0 Å². The number of benzene rings is 1. The van der Waals surface area contributed by atoms with Crippen molar-refractivity contribution in [1.29, 1.82) is 0 Å². The first-order valence-corrected chi connectivity index (χ1v) is 12.4. The summed E-state index contributed by atoms with van der Waals surface area (Å²) in [6, 6.07) is 4.35. The minimum absolute atomic E-state index is 0.136. The number of halogens is 3. The fraction of sp³-hybridized carbons (Fsp3) is 0.480. The highest BCUT2D eigenvalue weighted by Gasteiger charge is 2.47. The first-order chi connectivity index (χ1) is 16.5. The summed E-state index contributed by atoms with van der Waals surface area (Å²) in [6.45, 7) is 5.55. The van der Waals surface area contributed by atoms with Crippen LogP contribution in [0.4, 0.5) is 13.2 Å². The zero-order chi connectivity index (χ0) is 25.9. The Labute approximate surface area is 206 Å². The van der Waals surface area contributed by atoms with Gasteiger partial charge in [0.15, 0.2) is 5.78 Å². The lowest BCUT2D eigenvalue weighted by Gasteiger charge is -2.38. The number of allylic oxidation sites excluding steroid dienone is 3.